The lowest BCUT2D eigenvalue weighted by molar-refractivity contribution is -0.130. The Morgan fingerprint density at radius 1 is 1.22 bits per heavy atom. The standard InChI is InChI=1S/C12H14FN3O2/c1-9(17)15-4-6-16(7-5-15)12(18)10-2-3-14-11(13)8-10/h2-3,8H,4-7H2,1H3. The van der Waals surface area contributed by atoms with Crippen LogP contribution in [0.4, 0.5) is 4.39 Å². The fraction of sp³-hybridized carbons (Fsp3) is 0.417. The van der Waals surface area contributed by atoms with Crippen molar-refractivity contribution < 1.29 is 14.0 Å². The predicted octanol–water partition coefficient (Wildman–Crippen LogP) is 0.525. The fourth-order valence-electron chi connectivity index (χ4n) is 1.94. The number of pyridine rings is 1. The van der Waals surface area contributed by atoms with E-state index in [1.165, 1.54) is 19.2 Å². The van der Waals surface area contributed by atoms with Gasteiger partial charge in [-0.05, 0) is 6.07 Å². The van der Waals surface area contributed by atoms with Gasteiger partial charge in [-0.25, -0.2) is 4.98 Å². The highest BCUT2D eigenvalue weighted by Gasteiger charge is 2.23. The molecule has 1 aromatic heterocycles. The zero-order valence-electron chi connectivity index (χ0n) is 10.1. The van der Waals surface area contributed by atoms with Gasteiger partial charge in [0.05, 0.1) is 0 Å². The van der Waals surface area contributed by atoms with Gasteiger partial charge < -0.3 is 9.80 Å². The Kier molecular flexibility index (Phi) is 3.55. The van der Waals surface area contributed by atoms with Crippen LogP contribution in [0.2, 0.25) is 0 Å². The first-order valence-corrected chi connectivity index (χ1v) is 5.74. The zero-order chi connectivity index (χ0) is 13.1. The second-order valence-electron chi connectivity index (χ2n) is 4.17. The maximum Gasteiger partial charge on any atom is 0.254 e. The lowest BCUT2D eigenvalue weighted by Crippen LogP contribution is -2.50. The summed E-state index contributed by atoms with van der Waals surface area (Å²) in [7, 11) is 0. The van der Waals surface area contributed by atoms with E-state index in [1.807, 2.05) is 0 Å². The molecular formula is C12H14FN3O2. The normalized spacial score (nSPS) is 15.7. The van der Waals surface area contributed by atoms with Crippen LogP contribution in [0, 0.1) is 5.95 Å². The molecule has 2 heterocycles. The number of carbonyl (C=O) groups excluding carboxylic acids is 2. The van der Waals surface area contributed by atoms with Crippen molar-refractivity contribution in [3.05, 3.63) is 29.8 Å². The van der Waals surface area contributed by atoms with Crippen molar-refractivity contribution >= 4 is 11.8 Å². The van der Waals surface area contributed by atoms with Crippen LogP contribution in [0.3, 0.4) is 0 Å². The summed E-state index contributed by atoms with van der Waals surface area (Å²) in [6.07, 6.45) is 1.27. The Hall–Kier alpha value is -1.98. The van der Waals surface area contributed by atoms with Crippen molar-refractivity contribution in [2.24, 2.45) is 0 Å². The van der Waals surface area contributed by atoms with Gasteiger partial charge in [0.2, 0.25) is 11.9 Å². The van der Waals surface area contributed by atoms with E-state index in [-0.39, 0.29) is 11.8 Å². The quantitative estimate of drug-likeness (QED) is 0.684. The van der Waals surface area contributed by atoms with Crippen molar-refractivity contribution in [2.45, 2.75) is 6.92 Å². The van der Waals surface area contributed by atoms with E-state index >= 15 is 0 Å². The lowest BCUT2D eigenvalue weighted by atomic mass is 10.2. The van der Waals surface area contributed by atoms with E-state index in [9.17, 15) is 14.0 Å². The maximum absolute atomic E-state index is 12.9. The summed E-state index contributed by atoms with van der Waals surface area (Å²) in [5, 5.41) is 0. The Bertz CT molecular complexity index is 470. The van der Waals surface area contributed by atoms with Crippen LogP contribution >= 0.6 is 0 Å². The molecule has 0 N–H and O–H groups in total. The molecule has 18 heavy (non-hydrogen) atoms. The average Bonchev–Trinajstić information content (AvgIpc) is 2.38. The van der Waals surface area contributed by atoms with Gasteiger partial charge in [-0.15, -0.1) is 0 Å². The molecule has 96 valence electrons. The molecule has 0 aliphatic carbocycles. The minimum absolute atomic E-state index is 0.0112. The van der Waals surface area contributed by atoms with Gasteiger partial charge in [0.25, 0.3) is 5.91 Å². The van der Waals surface area contributed by atoms with Gasteiger partial charge in [0, 0.05) is 50.9 Å². The Labute approximate surface area is 104 Å². The van der Waals surface area contributed by atoms with E-state index < -0.39 is 5.95 Å². The molecule has 0 aromatic carbocycles. The maximum atomic E-state index is 12.9. The first kappa shape index (κ1) is 12.5. The molecule has 0 atom stereocenters. The number of hydrogen-bond donors (Lipinski definition) is 0. The molecule has 2 amide bonds. The second-order valence-corrected chi connectivity index (χ2v) is 4.17. The number of piperazine rings is 1. The number of aromatic nitrogens is 1. The number of nitrogens with zero attached hydrogens (tertiary/aromatic N) is 3. The molecule has 0 saturated carbocycles. The number of hydrogen-bond acceptors (Lipinski definition) is 3. The molecule has 1 fully saturated rings. The fourth-order valence-corrected chi connectivity index (χ4v) is 1.94. The SMILES string of the molecule is CC(=O)N1CCN(C(=O)c2ccnc(F)c2)CC1. The van der Waals surface area contributed by atoms with E-state index in [1.54, 1.807) is 9.80 Å². The Balaban J connectivity index is 2.02. The van der Waals surface area contributed by atoms with Gasteiger partial charge >= 0.3 is 0 Å². The summed E-state index contributed by atoms with van der Waals surface area (Å²) < 4.78 is 12.9. The van der Waals surface area contributed by atoms with Crippen LogP contribution < -0.4 is 0 Å². The molecule has 1 aliphatic rings. The smallest absolute Gasteiger partial charge is 0.254 e. The first-order chi connectivity index (χ1) is 8.58. The number of rotatable bonds is 1. The van der Waals surface area contributed by atoms with Crippen LogP contribution in [0.5, 0.6) is 0 Å². The first-order valence-electron chi connectivity index (χ1n) is 5.74. The third-order valence-electron chi connectivity index (χ3n) is 2.99. The van der Waals surface area contributed by atoms with Gasteiger partial charge in [-0.2, -0.15) is 4.39 Å². The average molecular weight is 251 g/mol. The van der Waals surface area contributed by atoms with Gasteiger partial charge in [0.1, 0.15) is 0 Å². The summed E-state index contributed by atoms with van der Waals surface area (Å²) in [6.45, 7) is 3.50. The van der Waals surface area contributed by atoms with Crippen molar-refractivity contribution in [3.8, 4) is 0 Å². The molecule has 5 nitrogen and oxygen atoms in total. The lowest BCUT2D eigenvalue weighted by Gasteiger charge is -2.34. The summed E-state index contributed by atoms with van der Waals surface area (Å²) in [5.41, 5.74) is 0.291. The van der Waals surface area contributed by atoms with Crippen LogP contribution in [0.1, 0.15) is 17.3 Å². The third-order valence-corrected chi connectivity index (χ3v) is 2.99. The Morgan fingerprint density at radius 3 is 2.39 bits per heavy atom. The summed E-state index contributed by atoms with van der Waals surface area (Å²) in [5.74, 6) is -0.875. The van der Waals surface area contributed by atoms with Gasteiger partial charge in [0.15, 0.2) is 0 Å². The summed E-state index contributed by atoms with van der Waals surface area (Å²) in [6, 6.07) is 2.61. The topological polar surface area (TPSA) is 53.5 Å². The van der Waals surface area contributed by atoms with Crippen LogP contribution in [-0.2, 0) is 4.79 Å². The third kappa shape index (κ3) is 2.64. The van der Waals surface area contributed by atoms with E-state index in [2.05, 4.69) is 4.98 Å². The highest BCUT2D eigenvalue weighted by molar-refractivity contribution is 5.94. The number of halogens is 1. The van der Waals surface area contributed by atoms with Crippen molar-refractivity contribution in [1.82, 2.24) is 14.8 Å². The number of amides is 2. The number of carbonyl (C=O) groups is 2. The highest BCUT2D eigenvalue weighted by atomic mass is 19.1. The van der Waals surface area contributed by atoms with Gasteiger partial charge in [-0.1, -0.05) is 0 Å². The van der Waals surface area contributed by atoms with E-state index in [0.717, 1.165) is 6.07 Å². The molecule has 1 saturated heterocycles. The van der Waals surface area contributed by atoms with Crippen molar-refractivity contribution in [1.29, 1.82) is 0 Å². The van der Waals surface area contributed by atoms with Crippen molar-refractivity contribution in [3.63, 3.8) is 0 Å². The molecule has 1 aromatic rings. The summed E-state index contributed by atoms with van der Waals surface area (Å²) in [4.78, 5) is 29.9. The molecule has 0 unspecified atom stereocenters. The van der Waals surface area contributed by atoms with Crippen molar-refractivity contribution in [2.75, 3.05) is 26.2 Å². The molecule has 2 rings (SSSR count). The highest BCUT2D eigenvalue weighted by Crippen LogP contribution is 2.09. The molecule has 1 aliphatic heterocycles. The molecule has 0 radical (unpaired) electrons. The molecule has 6 heteroatoms. The predicted molar refractivity (Wildman–Crippen MR) is 62.4 cm³/mol. The zero-order valence-corrected chi connectivity index (χ0v) is 10.1. The largest absolute Gasteiger partial charge is 0.339 e. The van der Waals surface area contributed by atoms with E-state index in [0.29, 0.717) is 31.7 Å². The van der Waals surface area contributed by atoms with Crippen LogP contribution in [0.25, 0.3) is 0 Å². The van der Waals surface area contributed by atoms with Crippen LogP contribution in [-0.4, -0.2) is 52.8 Å². The Morgan fingerprint density at radius 2 is 1.83 bits per heavy atom. The van der Waals surface area contributed by atoms with Crippen LogP contribution in [0.15, 0.2) is 18.3 Å². The second kappa shape index (κ2) is 5.12. The molecule has 0 bridgehead atoms. The summed E-state index contributed by atoms with van der Waals surface area (Å²) >= 11 is 0. The monoisotopic (exact) mass is 251 g/mol. The minimum Gasteiger partial charge on any atom is -0.339 e. The molecular weight excluding hydrogens is 237 g/mol. The minimum atomic E-state index is -0.664. The van der Waals surface area contributed by atoms with Gasteiger partial charge in [-0.3, -0.25) is 9.59 Å². The van der Waals surface area contributed by atoms with E-state index in [4.69, 9.17) is 0 Å². The molecule has 0 spiro atoms.